The van der Waals surface area contributed by atoms with Gasteiger partial charge in [0.25, 0.3) is 0 Å². The molecular formula is C19H22ClFN4O. The van der Waals surface area contributed by atoms with Gasteiger partial charge in [-0.25, -0.2) is 9.18 Å². The monoisotopic (exact) mass is 376 g/mol. The lowest BCUT2D eigenvalue weighted by molar-refractivity contribution is 0.183. The number of urea groups is 1. The number of hydrogen-bond acceptors (Lipinski definition) is 3. The number of carbonyl (C=O) groups excluding carboxylic acids is 1. The van der Waals surface area contributed by atoms with Gasteiger partial charge in [-0.1, -0.05) is 17.7 Å². The summed E-state index contributed by atoms with van der Waals surface area (Å²) in [6, 6.07) is 6.45. The summed E-state index contributed by atoms with van der Waals surface area (Å²) >= 11 is 6.01. The van der Waals surface area contributed by atoms with E-state index in [2.05, 4.69) is 26.6 Å². The summed E-state index contributed by atoms with van der Waals surface area (Å²) in [5.41, 5.74) is 2.00. The number of amides is 2. The minimum atomic E-state index is -0.390. The van der Waals surface area contributed by atoms with Crippen molar-refractivity contribution in [2.24, 2.45) is 0 Å². The number of halogens is 2. The topological polar surface area (TPSA) is 57.3 Å². The predicted molar refractivity (Wildman–Crippen MR) is 101 cm³/mol. The van der Waals surface area contributed by atoms with Crippen LogP contribution in [0.3, 0.4) is 0 Å². The molecule has 0 bridgehead atoms. The zero-order chi connectivity index (χ0) is 18.5. The lowest BCUT2D eigenvalue weighted by atomic mass is 10.1. The molecule has 1 aliphatic heterocycles. The van der Waals surface area contributed by atoms with Gasteiger partial charge < -0.3 is 10.6 Å². The van der Waals surface area contributed by atoms with Crippen molar-refractivity contribution in [3.8, 4) is 0 Å². The standard InChI is InChI=1S/C19H22ClFN4O/c1-13-8-18(16(20)9-17(13)21)24-19(26)23-15-5-3-7-25(12-15)11-14-4-2-6-22-10-14/h2,4,6,8-10,15H,3,5,7,11-12H2,1H3,(H2,23,24,26)/t15-/m1/s1. The average molecular weight is 377 g/mol. The van der Waals surface area contributed by atoms with E-state index in [-0.39, 0.29) is 22.9 Å². The Labute approximate surface area is 157 Å². The van der Waals surface area contributed by atoms with Crippen LogP contribution in [0.15, 0.2) is 36.7 Å². The van der Waals surface area contributed by atoms with Gasteiger partial charge in [0, 0.05) is 31.5 Å². The van der Waals surface area contributed by atoms with Crippen molar-refractivity contribution in [3.63, 3.8) is 0 Å². The molecule has 7 heteroatoms. The lowest BCUT2D eigenvalue weighted by Gasteiger charge is -2.33. The highest BCUT2D eigenvalue weighted by Crippen LogP contribution is 2.25. The van der Waals surface area contributed by atoms with E-state index in [0.717, 1.165) is 38.0 Å². The van der Waals surface area contributed by atoms with Crippen LogP contribution in [0.5, 0.6) is 0 Å². The first-order valence-electron chi connectivity index (χ1n) is 8.65. The zero-order valence-corrected chi connectivity index (χ0v) is 15.4. The molecule has 138 valence electrons. The molecule has 1 aromatic carbocycles. The van der Waals surface area contributed by atoms with Gasteiger partial charge in [-0.3, -0.25) is 9.88 Å². The van der Waals surface area contributed by atoms with Crippen LogP contribution in [-0.4, -0.2) is 35.0 Å². The highest BCUT2D eigenvalue weighted by Gasteiger charge is 2.22. The first-order valence-corrected chi connectivity index (χ1v) is 9.03. The summed E-state index contributed by atoms with van der Waals surface area (Å²) in [5.74, 6) is -0.390. The van der Waals surface area contributed by atoms with Gasteiger partial charge in [0.1, 0.15) is 5.82 Å². The third-order valence-electron chi connectivity index (χ3n) is 4.47. The molecule has 2 amide bonds. The molecule has 0 unspecified atom stereocenters. The minimum absolute atomic E-state index is 0.0562. The molecular weight excluding hydrogens is 355 g/mol. The molecule has 0 radical (unpaired) electrons. The van der Waals surface area contributed by atoms with Crippen LogP contribution in [-0.2, 0) is 6.54 Å². The molecule has 2 heterocycles. The summed E-state index contributed by atoms with van der Waals surface area (Å²) in [4.78, 5) is 18.7. The summed E-state index contributed by atoms with van der Waals surface area (Å²) < 4.78 is 13.5. The molecule has 3 rings (SSSR count). The number of carbonyl (C=O) groups is 1. The summed E-state index contributed by atoms with van der Waals surface area (Å²) in [6.07, 6.45) is 5.56. The molecule has 2 aromatic rings. The fourth-order valence-corrected chi connectivity index (χ4v) is 3.36. The van der Waals surface area contributed by atoms with Crippen LogP contribution in [0, 0.1) is 12.7 Å². The normalized spacial score (nSPS) is 17.7. The second-order valence-electron chi connectivity index (χ2n) is 6.62. The Bertz CT molecular complexity index is 772. The van der Waals surface area contributed by atoms with Crippen molar-refractivity contribution >= 4 is 23.3 Å². The second-order valence-corrected chi connectivity index (χ2v) is 7.02. The predicted octanol–water partition coefficient (Wildman–Crippen LogP) is 3.97. The van der Waals surface area contributed by atoms with E-state index >= 15 is 0 Å². The highest BCUT2D eigenvalue weighted by molar-refractivity contribution is 6.33. The number of nitrogens with zero attached hydrogens (tertiary/aromatic N) is 2. The van der Waals surface area contributed by atoms with E-state index in [0.29, 0.717) is 11.3 Å². The average Bonchev–Trinajstić information content (AvgIpc) is 2.61. The molecule has 1 aromatic heterocycles. The Balaban J connectivity index is 1.55. The van der Waals surface area contributed by atoms with Gasteiger partial charge in [0.2, 0.25) is 0 Å². The fourth-order valence-electron chi connectivity index (χ4n) is 3.16. The molecule has 1 saturated heterocycles. The zero-order valence-electron chi connectivity index (χ0n) is 14.6. The van der Waals surface area contributed by atoms with Gasteiger partial charge in [0.15, 0.2) is 0 Å². The maximum Gasteiger partial charge on any atom is 0.319 e. The number of piperidine rings is 1. The Kier molecular flexibility index (Phi) is 6.06. The van der Waals surface area contributed by atoms with Crippen LogP contribution < -0.4 is 10.6 Å². The van der Waals surface area contributed by atoms with Crippen LogP contribution >= 0.6 is 11.6 Å². The van der Waals surface area contributed by atoms with Crippen LogP contribution in [0.25, 0.3) is 0 Å². The number of hydrogen-bond donors (Lipinski definition) is 2. The van der Waals surface area contributed by atoms with E-state index in [9.17, 15) is 9.18 Å². The van der Waals surface area contributed by atoms with Gasteiger partial charge in [-0.15, -0.1) is 0 Å². The number of aryl methyl sites for hydroxylation is 1. The SMILES string of the molecule is Cc1cc(NC(=O)N[C@@H]2CCCN(Cc3cccnc3)C2)c(Cl)cc1F. The van der Waals surface area contributed by atoms with Gasteiger partial charge in [-0.05, 0) is 55.6 Å². The minimum Gasteiger partial charge on any atom is -0.334 e. The van der Waals surface area contributed by atoms with Gasteiger partial charge >= 0.3 is 6.03 Å². The smallest absolute Gasteiger partial charge is 0.319 e. The Morgan fingerprint density at radius 3 is 3.08 bits per heavy atom. The number of rotatable bonds is 4. The van der Waals surface area contributed by atoms with E-state index in [1.807, 2.05) is 12.3 Å². The molecule has 26 heavy (non-hydrogen) atoms. The summed E-state index contributed by atoms with van der Waals surface area (Å²) in [5, 5.41) is 5.88. The van der Waals surface area contributed by atoms with E-state index in [4.69, 9.17) is 11.6 Å². The molecule has 0 aliphatic carbocycles. The lowest BCUT2D eigenvalue weighted by Crippen LogP contribution is -2.48. The Morgan fingerprint density at radius 2 is 2.31 bits per heavy atom. The maximum absolute atomic E-state index is 13.5. The first-order chi connectivity index (χ1) is 12.5. The van der Waals surface area contributed by atoms with Crippen molar-refractivity contribution < 1.29 is 9.18 Å². The fraction of sp³-hybridized carbons (Fsp3) is 0.368. The third kappa shape index (κ3) is 4.93. The van der Waals surface area contributed by atoms with Crippen molar-refractivity contribution in [2.45, 2.75) is 32.4 Å². The molecule has 1 atom stereocenters. The maximum atomic E-state index is 13.5. The Hall–Kier alpha value is -2.18. The first kappa shape index (κ1) is 18.6. The molecule has 0 saturated carbocycles. The second kappa shape index (κ2) is 8.47. The number of pyridine rings is 1. The highest BCUT2D eigenvalue weighted by atomic mass is 35.5. The largest absolute Gasteiger partial charge is 0.334 e. The van der Waals surface area contributed by atoms with Gasteiger partial charge in [-0.2, -0.15) is 0 Å². The van der Waals surface area contributed by atoms with Crippen LogP contribution in [0.1, 0.15) is 24.0 Å². The van der Waals surface area contributed by atoms with Crippen molar-refractivity contribution in [3.05, 3.63) is 58.6 Å². The number of nitrogens with one attached hydrogen (secondary N) is 2. The van der Waals surface area contributed by atoms with Crippen LogP contribution in [0.2, 0.25) is 5.02 Å². The molecule has 5 nitrogen and oxygen atoms in total. The van der Waals surface area contributed by atoms with E-state index in [1.54, 1.807) is 13.1 Å². The Morgan fingerprint density at radius 1 is 1.46 bits per heavy atom. The van der Waals surface area contributed by atoms with Crippen molar-refractivity contribution in [1.82, 2.24) is 15.2 Å². The van der Waals surface area contributed by atoms with Crippen molar-refractivity contribution in [2.75, 3.05) is 18.4 Å². The number of benzene rings is 1. The molecule has 2 N–H and O–H groups in total. The molecule has 0 spiro atoms. The third-order valence-corrected chi connectivity index (χ3v) is 4.78. The number of aromatic nitrogens is 1. The summed E-state index contributed by atoms with van der Waals surface area (Å²) in [6.45, 7) is 4.22. The van der Waals surface area contributed by atoms with E-state index < -0.39 is 0 Å². The number of likely N-dealkylation sites (tertiary alicyclic amines) is 1. The summed E-state index contributed by atoms with van der Waals surface area (Å²) in [7, 11) is 0. The van der Waals surface area contributed by atoms with Crippen LogP contribution in [0.4, 0.5) is 14.9 Å². The van der Waals surface area contributed by atoms with E-state index in [1.165, 1.54) is 12.1 Å². The molecule has 1 aliphatic rings. The number of anilines is 1. The van der Waals surface area contributed by atoms with Gasteiger partial charge in [0.05, 0.1) is 10.7 Å². The van der Waals surface area contributed by atoms with Crippen molar-refractivity contribution in [1.29, 1.82) is 0 Å². The quantitative estimate of drug-likeness (QED) is 0.848. The molecule has 1 fully saturated rings.